The lowest BCUT2D eigenvalue weighted by molar-refractivity contribution is 0.233. The molecule has 1 aliphatic heterocycles. The maximum absolute atomic E-state index is 4.40. The van der Waals surface area contributed by atoms with Crippen LogP contribution in [0.2, 0.25) is 0 Å². The maximum Gasteiger partial charge on any atom is 0.0402 e. The van der Waals surface area contributed by atoms with Gasteiger partial charge in [-0.3, -0.25) is 9.88 Å². The average Bonchev–Trinajstić information content (AvgIpc) is 2.25. The van der Waals surface area contributed by atoms with Gasteiger partial charge in [0.05, 0.1) is 0 Å². The fourth-order valence-corrected chi connectivity index (χ4v) is 1.92. The summed E-state index contributed by atoms with van der Waals surface area (Å²) in [6.07, 6.45) is 2.00. The third-order valence-electron chi connectivity index (χ3n) is 3.01. The van der Waals surface area contributed by atoms with Crippen molar-refractivity contribution in [2.45, 2.75) is 20.4 Å². The number of hydrogen-bond acceptors (Lipinski definition) is 3. The lowest BCUT2D eigenvalue weighted by Crippen LogP contribution is -2.42. The Morgan fingerprint density at radius 1 is 1.33 bits per heavy atom. The molecule has 0 saturated carbocycles. The van der Waals surface area contributed by atoms with E-state index in [0.717, 1.165) is 38.4 Å². The van der Waals surface area contributed by atoms with Gasteiger partial charge >= 0.3 is 0 Å². The molecule has 0 atom stereocenters. The van der Waals surface area contributed by atoms with Crippen LogP contribution >= 0.6 is 0 Å². The Morgan fingerprint density at radius 2 is 2.07 bits per heavy atom. The first kappa shape index (κ1) is 10.6. The lowest BCUT2D eigenvalue weighted by atomic mass is 10.1. The van der Waals surface area contributed by atoms with Gasteiger partial charge in [-0.2, -0.15) is 0 Å². The molecule has 0 amide bonds. The molecule has 2 heterocycles. The lowest BCUT2D eigenvalue weighted by Gasteiger charge is -2.27. The van der Waals surface area contributed by atoms with Gasteiger partial charge in [0, 0.05) is 44.6 Å². The topological polar surface area (TPSA) is 28.2 Å². The van der Waals surface area contributed by atoms with Crippen LogP contribution < -0.4 is 5.32 Å². The predicted molar refractivity (Wildman–Crippen MR) is 61.9 cm³/mol. The Morgan fingerprint density at radius 3 is 2.73 bits per heavy atom. The fourth-order valence-electron chi connectivity index (χ4n) is 1.92. The minimum absolute atomic E-state index is 1.04. The van der Waals surface area contributed by atoms with Crippen LogP contribution in [0.15, 0.2) is 12.3 Å². The highest BCUT2D eigenvalue weighted by atomic mass is 15.2. The molecule has 0 aliphatic carbocycles. The van der Waals surface area contributed by atoms with Crippen LogP contribution in [0.1, 0.15) is 16.8 Å². The SMILES string of the molecule is Cc1cc(CN2CCNCC2)cnc1C. The van der Waals surface area contributed by atoms with Gasteiger partial charge in [0.25, 0.3) is 0 Å². The van der Waals surface area contributed by atoms with E-state index in [2.05, 4.69) is 35.1 Å². The van der Waals surface area contributed by atoms with E-state index in [0.29, 0.717) is 0 Å². The summed E-state index contributed by atoms with van der Waals surface area (Å²) >= 11 is 0. The van der Waals surface area contributed by atoms with Crippen molar-refractivity contribution in [2.24, 2.45) is 0 Å². The van der Waals surface area contributed by atoms with Crippen molar-refractivity contribution in [1.29, 1.82) is 0 Å². The molecule has 1 aromatic heterocycles. The predicted octanol–water partition coefficient (Wildman–Crippen LogP) is 1.10. The molecule has 2 rings (SSSR count). The smallest absolute Gasteiger partial charge is 0.0402 e. The monoisotopic (exact) mass is 205 g/mol. The van der Waals surface area contributed by atoms with Crippen molar-refractivity contribution in [1.82, 2.24) is 15.2 Å². The van der Waals surface area contributed by atoms with E-state index in [1.165, 1.54) is 11.1 Å². The highest BCUT2D eigenvalue weighted by Gasteiger charge is 2.10. The first-order valence-electron chi connectivity index (χ1n) is 5.61. The molecule has 1 aromatic rings. The Bertz CT molecular complexity index is 330. The number of piperazine rings is 1. The van der Waals surface area contributed by atoms with Crippen molar-refractivity contribution in [3.8, 4) is 0 Å². The molecule has 0 unspecified atom stereocenters. The Labute approximate surface area is 91.5 Å². The Kier molecular flexibility index (Phi) is 3.34. The number of pyridine rings is 1. The highest BCUT2D eigenvalue weighted by Crippen LogP contribution is 2.09. The summed E-state index contributed by atoms with van der Waals surface area (Å²) in [4.78, 5) is 6.88. The molecule has 82 valence electrons. The van der Waals surface area contributed by atoms with Gasteiger partial charge in [0.1, 0.15) is 0 Å². The van der Waals surface area contributed by atoms with E-state index in [9.17, 15) is 0 Å². The van der Waals surface area contributed by atoms with Crippen LogP contribution in [0.3, 0.4) is 0 Å². The number of aromatic nitrogens is 1. The van der Waals surface area contributed by atoms with Crippen molar-refractivity contribution < 1.29 is 0 Å². The van der Waals surface area contributed by atoms with Gasteiger partial charge in [-0.1, -0.05) is 6.07 Å². The molecule has 0 radical (unpaired) electrons. The quantitative estimate of drug-likeness (QED) is 0.784. The van der Waals surface area contributed by atoms with Crippen molar-refractivity contribution >= 4 is 0 Å². The molecule has 1 aliphatic rings. The van der Waals surface area contributed by atoms with Gasteiger partial charge in [0.15, 0.2) is 0 Å². The van der Waals surface area contributed by atoms with E-state index in [-0.39, 0.29) is 0 Å². The normalized spacial score (nSPS) is 18.0. The molecule has 1 fully saturated rings. The molecule has 0 spiro atoms. The number of nitrogens with one attached hydrogen (secondary N) is 1. The maximum atomic E-state index is 4.40. The molecule has 3 nitrogen and oxygen atoms in total. The summed E-state index contributed by atoms with van der Waals surface area (Å²) in [5, 5.41) is 3.36. The van der Waals surface area contributed by atoms with Crippen LogP contribution in [0.4, 0.5) is 0 Å². The van der Waals surface area contributed by atoms with E-state index in [4.69, 9.17) is 0 Å². The minimum atomic E-state index is 1.04. The van der Waals surface area contributed by atoms with Crippen LogP contribution in [0.25, 0.3) is 0 Å². The van der Waals surface area contributed by atoms with Gasteiger partial charge in [0.2, 0.25) is 0 Å². The van der Waals surface area contributed by atoms with Crippen molar-refractivity contribution in [3.63, 3.8) is 0 Å². The molecular weight excluding hydrogens is 186 g/mol. The Balaban J connectivity index is 2.00. The second-order valence-corrected chi connectivity index (χ2v) is 4.27. The molecule has 1 saturated heterocycles. The summed E-state index contributed by atoms with van der Waals surface area (Å²) in [6.45, 7) is 9.74. The number of rotatable bonds is 2. The zero-order valence-corrected chi connectivity index (χ0v) is 9.58. The molecular formula is C12H19N3. The molecule has 0 bridgehead atoms. The van der Waals surface area contributed by atoms with E-state index in [1.807, 2.05) is 6.20 Å². The number of aryl methyl sites for hydroxylation is 2. The number of hydrogen-bond donors (Lipinski definition) is 1. The zero-order chi connectivity index (χ0) is 10.7. The Hall–Kier alpha value is -0.930. The van der Waals surface area contributed by atoms with Crippen LogP contribution in [0, 0.1) is 13.8 Å². The van der Waals surface area contributed by atoms with E-state index >= 15 is 0 Å². The first-order valence-corrected chi connectivity index (χ1v) is 5.61. The second-order valence-electron chi connectivity index (χ2n) is 4.27. The first-order chi connectivity index (χ1) is 7.25. The summed E-state index contributed by atoms with van der Waals surface area (Å²) in [5.41, 5.74) is 3.77. The van der Waals surface area contributed by atoms with Gasteiger partial charge in [-0.15, -0.1) is 0 Å². The molecule has 3 heteroatoms. The third-order valence-corrected chi connectivity index (χ3v) is 3.01. The standard InChI is InChI=1S/C12H19N3/c1-10-7-12(8-14-11(10)2)9-15-5-3-13-4-6-15/h7-8,13H,3-6,9H2,1-2H3. The largest absolute Gasteiger partial charge is 0.314 e. The van der Waals surface area contributed by atoms with Crippen LogP contribution in [0.5, 0.6) is 0 Å². The number of nitrogens with zero attached hydrogens (tertiary/aromatic N) is 2. The molecule has 1 N–H and O–H groups in total. The molecule has 15 heavy (non-hydrogen) atoms. The van der Waals surface area contributed by atoms with E-state index in [1.54, 1.807) is 0 Å². The zero-order valence-electron chi connectivity index (χ0n) is 9.58. The van der Waals surface area contributed by atoms with Crippen molar-refractivity contribution in [3.05, 3.63) is 29.1 Å². The van der Waals surface area contributed by atoms with Crippen molar-refractivity contribution in [2.75, 3.05) is 26.2 Å². The third kappa shape index (κ3) is 2.76. The van der Waals surface area contributed by atoms with E-state index < -0.39 is 0 Å². The highest BCUT2D eigenvalue weighted by molar-refractivity contribution is 5.22. The summed E-state index contributed by atoms with van der Waals surface area (Å²) in [6, 6.07) is 2.25. The van der Waals surface area contributed by atoms with Gasteiger partial charge in [-0.25, -0.2) is 0 Å². The fraction of sp³-hybridized carbons (Fsp3) is 0.583. The molecule has 0 aromatic carbocycles. The summed E-state index contributed by atoms with van der Waals surface area (Å²) in [5.74, 6) is 0. The second kappa shape index (κ2) is 4.73. The minimum Gasteiger partial charge on any atom is -0.314 e. The summed E-state index contributed by atoms with van der Waals surface area (Å²) < 4.78 is 0. The van der Waals surface area contributed by atoms with Crippen LogP contribution in [-0.4, -0.2) is 36.1 Å². The van der Waals surface area contributed by atoms with Gasteiger partial charge < -0.3 is 5.32 Å². The van der Waals surface area contributed by atoms with Crippen LogP contribution in [-0.2, 0) is 6.54 Å². The summed E-state index contributed by atoms with van der Waals surface area (Å²) in [7, 11) is 0. The van der Waals surface area contributed by atoms with Gasteiger partial charge in [-0.05, 0) is 25.0 Å². The average molecular weight is 205 g/mol.